The van der Waals surface area contributed by atoms with Gasteiger partial charge in [-0.2, -0.15) is 0 Å². The van der Waals surface area contributed by atoms with Crippen LogP contribution in [0.4, 0.5) is 0 Å². The van der Waals surface area contributed by atoms with Gasteiger partial charge in [-0.3, -0.25) is 24.0 Å². The smallest absolute Gasteiger partial charge is 0.329 e. The molecule has 2 amide bonds. The second kappa shape index (κ2) is 4.33. The summed E-state index contributed by atoms with van der Waals surface area (Å²) in [5.74, 6) is -0.706. The SMILES string of the molecule is Cn1c(=O)n(C2CCC(=O)NC2=O)c2cc3c[nH]cc3cc21. The van der Waals surface area contributed by atoms with Gasteiger partial charge in [0, 0.05) is 36.6 Å². The summed E-state index contributed by atoms with van der Waals surface area (Å²) in [5, 5.41) is 4.28. The summed E-state index contributed by atoms with van der Waals surface area (Å²) in [6, 6.07) is 3.17. The molecule has 0 bridgehead atoms. The van der Waals surface area contributed by atoms with Gasteiger partial charge in [-0.05, 0) is 18.6 Å². The maximum absolute atomic E-state index is 12.6. The minimum atomic E-state index is -0.648. The molecule has 1 aliphatic rings. The summed E-state index contributed by atoms with van der Waals surface area (Å²) in [7, 11) is 1.69. The van der Waals surface area contributed by atoms with Crippen LogP contribution in [0.1, 0.15) is 18.9 Å². The van der Waals surface area contributed by atoms with E-state index >= 15 is 0 Å². The van der Waals surface area contributed by atoms with Crippen molar-refractivity contribution in [1.29, 1.82) is 0 Å². The fourth-order valence-electron chi connectivity index (χ4n) is 3.14. The lowest BCUT2D eigenvalue weighted by atomic mass is 10.1. The van der Waals surface area contributed by atoms with Crippen LogP contribution in [-0.2, 0) is 16.6 Å². The molecule has 7 nitrogen and oxygen atoms in total. The fourth-order valence-corrected chi connectivity index (χ4v) is 3.14. The first-order chi connectivity index (χ1) is 10.6. The monoisotopic (exact) mass is 298 g/mol. The number of carbonyl (C=O) groups is 2. The molecule has 22 heavy (non-hydrogen) atoms. The van der Waals surface area contributed by atoms with Crippen molar-refractivity contribution in [3.05, 3.63) is 35.0 Å². The number of aromatic amines is 1. The van der Waals surface area contributed by atoms with E-state index in [4.69, 9.17) is 0 Å². The molecule has 1 unspecified atom stereocenters. The van der Waals surface area contributed by atoms with E-state index in [0.717, 1.165) is 16.3 Å². The molecule has 1 fully saturated rings. The molecule has 0 radical (unpaired) electrons. The lowest BCUT2D eigenvalue weighted by Crippen LogP contribution is -2.44. The summed E-state index contributed by atoms with van der Waals surface area (Å²) >= 11 is 0. The van der Waals surface area contributed by atoms with Gasteiger partial charge in [0.05, 0.1) is 11.0 Å². The number of fused-ring (bicyclic) bond motifs is 2. The van der Waals surface area contributed by atoms with E-state index in [2.05, 4.69) is 10.3 Å². The van der Waals surface area contributed by atoms with Crippen LogP contribution >= 0.6 is 0 Å². The summed E-state index contributed by atoms with van der Waals surface area (Å²) in [4.78, 5) is 39.0. The van der Waals surface area contributed by atoms with E-state index in [1.54, 1.807) is 7.05 Å². The number of hydrogen-bond acceptors (Lipinski definition) is 3. The van der Waals surface area contributed by atoms with Crippen molar-refractivity contribution in [2.45, 2.75) is 18.9 Å². The number of aryl methyl sites for hydroxylation is 1. The molecular formula is C15H14N4O3. The number of rotatable bonds is 1. The number of benzene rings is 1. The van der Waals surface area contributed by atoms with Gasteiger partial charge in [0.1, 0.15) is 6.04 Å². The Balaban J connectivity index is 2.00. The quantitative estimate of drug-likeness (QED) is 0.651. The Labute approximate surface area is 124 Å². The normalized spacial score (nSPS) is 19.0. The number of piperidine rings is 1. The first-order valence-electron chi connectivity index (χ1n) is 7.07. The van der Waals surface area contributed by atoms with E-state index in [1.165, 1.54) is 9.13 Å². The number of aromatic nitrogens is 3. The predicted octanol–water partition coefficient (Wildman–Crippen LogP) is 0.799. The third-order valence-electron chi connectivity index (χ3n) is 4.29. The van der Waals surface area contributed by atoms with Gasteiger partial charge in [-0.15, -0.1) is 0 Å². The highest BCUT2D eigenvalue weighted by Gasteiger charge is 2.31. The molecule has 1 aromatic carbocycles. The maximum atomic E-state index is 12.6. The molecule has 3 heterocycles. The zero-order valence-electron chi connectivity index (χ0n) is 11.9. The van der Waals surface area contributed by atoms with E-state index in [1.807, 2.05) is 24.5 Å². The van der Waals surface area contributed by atoms with Gasteiger partial charge in [0.2, 0.25) is 11.8 Å². The molecular weight excluding hydrogens is 284 g/mol. The molecule has 1 aliphatic heterocycles. The molecule has 2 N–H and O–H groups in total. The summed E-state index contributed by atoms with van der Waals surface area (Å²) in [6.45, 7) is 0. The minimum absolute atomic E-state index is 0.242. The Kier molecular flexibility index (Phi) is 2.53. The molecule has 4 rings (SSSR count). The molecule has 3 aromatic rings. The lowest BCUT2D eigenvalue weighted by molar-refractivity contribution is -0.135. The number of hydrogen-bond donors (Lipinski definition) is 2. The average molecular weight is 298 g/mol. The summed E-state index contributed by atoms with van der Waals surface area (Å²) in [6.07, 6.45) is 4.30. The van der Waals surface area contributed by atoms with Crippen molar-refractivity contribution in [3.8, 4) is 0 Å². The van der Waals surface area contributed by atoms with Gasteiger partial charge in [0.15, 0.2) is 0 Å². The number of nitrogens with zero attached hydrogens (tertiary/aromatic N) is 2. The Bertz CT molecular complexity index is 991. The van der Waals surface area contributed by atoms with Crippen LogP contribution in [-0.4, -0.2) is 25.9 Å². The van der Waals surface area contributed by atoms with Gasteiger partial charge in [0.25, 0.3) is 0 Å². The van der Waals surface area contributed by atoms with Crippen molar-refractivity contribution in [2.75, 3.05) is 0 Å². The topological polar surface area (TPSA) is 88.9 Å². The van der Waals surface area contributed by atoms with E-state index in [0.29, 0.717) is 11.9 Å². The lowest BCUT2D eigenvalue weighted by Gasteiger charge is -2.21. The number of H-pyrrole nitrogens is 1. The van der Waals surface area contributed by atoms with Crippen molar-refractivity contribution in [3.63, 3.8) is 0 Å². The number of imidazole rings is 1. The third-order valence-corrected chi connectivity index (χ3v) is 4.29. The molecule has 7 heteroatoms. The highest BCUT2D eigenvalue weighted by molar-refractivity contribution is 6.01. The highest BCUT2D eigenvalue weighted by Crippen LogP contribution is 2.26. The number of nitrogens with one attached hydrogen (secondary N) is 2. The average Bonchev–Trinajstić information content (AvgIpc) is 3.03. The van der Waals surface area contributed by atoms with Gasteiger partial charge >= 0.3 is 5.69 Å². The highest BCUT2D eigenvalue weighted by atomic mass is 16.2. The van der Waals surface area contributed by atoms with Gasteiger partial charge in [-0.25, -0.2) is 4.79 Å². The first-order valence-corrected chi connectivity index (χ1v) is 7.07. The van der Waals surface area contributed by atoms with Crippen molar-refractivity contribution in [1.82, 2.24) is 19.4 Å². The first kappa shape index (κ1) is 12.9. The molecule has 112 valence electrons. The van der Waals surface area contributed by atoms with Crippen LogP contribution in [0, 0.1) is 0 Å². The van der Waals surface area contributed by atoms with Crippen LogP contribution in [0.5, 0.6) is 0 Å². The predicted molar refractivity (Wildman–Crippen MR) is 80.5 cm³/mol. The molecule has 0 saturated carbocycles. The Morgan fingerprint density at radius 3 is 2.45 bits per heavy atom. The van der Waals surface area contributed by atoms with Crippen molar-refractivity contribution in [2.24, 2.45) is 7.05 Å². The van der Waals surface area contributed by atoms with Crippen molar-refractivity contribution >= 4 is 33.6 Å². The second-order valence-electron chi connectivity index (χ2n) is 5.60. The zero-order valence-corrected chi connectivity index (χ0v) is 11.9. The molecule has 1 saturated heterocycles. The largest absolute Gasteiger partial charge is 0.366 e. The van der Waals surface area contributed by atoms with Crippen molar-refractivity contribution < 1.29 is 9.59 Å². The Morgan fingerprint density at radius 1 is 1.09 bits per heavy atom. The maximum Gasteiger partial charge on any atom is 0.329 e. The fraction of sp³-hybridized carbons (Fsp3) is 0.267. The third kappa shape index (κ3) is 1.65. The second-order valence-corrected chi connectivity index (χ2v) is 5.60. The number of amides is 2. The van der Waals surface area contributed by atoms with Crippen LogP contribution in [0.2, 0.25) is 0 Å². The molecule has 2 aromatic heterocycles. The summed E-state index contributed by atoms with van der Waals surface area (Å²) < 4.78 is 3.02. The number of imide groups is 1. The van der Waals surface area contributed by atoms with Crippen LogP contribution in [0.3, 0.4) is 0 Å². The van der Waals surface area contributed by atoms with E-state index in [9.17, 15) is 14.4 Å². The molecule has 1 atom stereocenters. The van der Waals surface area contributed by atoms with Crippen LogP contribution in [0.25, 0.3) is 21.8 Å². The minimum Gasteiger partial charge on any atom is -0.366 e. The van der Waals surface area contributed by atoms with Crippen LogP contribution in [0.15, 0.2) is 29.3 Å². The van der Waals surface area contributed by atoms with E-state index in [-0.39, 0.29) is 18.0 Å². The molecule has 0 aliphatic carbocycles. The molecule has 0 spiro atoms. The number of carbonyl (C=O) groups excluding carboxylic acids is 2. The Morgan fingerprint density at radius 2 is 1.77 bits per heavy atom. The van der Waals surface area contributed by atoms with Gasteiger partial charge in [-0.1, -0.05) is 0 Å². The zero-order chi connectivity index (χ0) is 15.4. The Hall–Kier alpha value is -2.83. The van der Waals surface area contributed by atoms with Gasteiger partial charge < -0.3 is 4.98 Å². The van der Waals surface area contributed by atoms with Crippen LogP contribution < -0.4 is 11.0 Å². The van der Waals surface area contributed by atoms with E-state index < -0.39 is 11.9 Å². The summed E-state index contributed by atoms with van der Waals surface area (Å²) in [5.41, 5.74) is 1.22. The standard InChI is InChI=1S/C15H14N4O3/c1-18-11-4-8-6-16-7-9(8)5-12(11)19(15(18)22)10-2-3-13(20)17-14(10)21/h4-7,10,16H,2-3H2,1H3,(H,17,20,21).